The van der Waals surface area contributed by atoms with Crippen LogP contribution >= 0.6 is 0 Å². The second kappa shape index (κ2) is 11.0. The molecule has 0 atom stereocenters. The van der Waals surface area contributed by atoms with Crippen molar-refractivity contribution in [3.63, 3.8) is 0 Å². The summed E-state index contributed by atoms with van der Waals surface area (Å²) in [5, 5.41) is 6.11. The second-order valence-electron chi connectivity index (χ2n) is 7.57. The number of aromatic nitrogens is 3. The molecular formula is C26H25N5O3. The van der Waals surface area contributed by atoms with Gasteiger partial charge in [0.2, 0.25) is 11.9 Å². The summed E-state index contributed by atoms with van der Waals surface area (Å²) in [6, 6.07) is 18.8. The summed E-state index contributed by atoms with van der Waals surface area (Å²) >= 11 is 0. The van der Waals surface area contributed by atoms with Gasteiger partial charge in [0.1, 0.15) is 12.4 Å². The van der Waals surface area contributed by atoms with Crippen LogP contribution in [0.5, 0.6) is 5.75 Å². The van der Waals surface area contributed by atoms with E-state index in [0.29, 0.717) is 23.9 Å². The number of benzene rings is 2. The Bertz CT molecular complexity index is 1250. The zero-order chi connectivity index (χ0) is 23.8. The molecule has 2 heterocycles. The fourth-order valence-corrected chi connectivity index (χ4v) is 3.25. The van der Waals surface area contributed by atoms with Gasteiger partial charge in [-0.15, -0.1) is 0 Å². The quantitative estimate of drug-likeness (QED) is 0.376. The lowest BCUT2D eigenvalue weighted by Gasteiger charge is -2.14. The summed E-state index contributed by atoms with van der Waals surface area (Å²) in [5.41, 5.74) is 4.91. The van der Waals surface area contributed by atoms with Gasteiger partial charge in [-0.3, -0.25) is 9.78 Å². The van der Waals surface area contributed by atoms with E-state index in [2.05, 4.69) is 25.6 Å². The third-order valence-electron chi connectivity index (χ3n) is 4.97. The molecule has 4 aromatic rings. The van der Waals surface area contributed by atoms with Crippen LogP contribution in [0.4, 0.5) is 17.3 Å². The number of rotatable bonds is 9. The molecule has 172 valence electrons. The lowest BCUT2D eigenvalue weighted by Crippen LogP contribution is -2.19. The molecule has 0 bridgehead atoms. The molecule has 2 aromatic heterocycles. The van der Waals surface area contributed by atoms with Crippen molar-refractivity contribution in [2.45, 2.75) is 13.5 Å². The summed E-state index contributed by atoms with van der Waals surface area (Å²) in [7, 11) is 1.62. The average Bonchev–Trinajstić information content (AvgIpc) is 2.87. The van der Waals surface area contributed by atoms with Crippen molar-refractivity contribution in [1.82, 2.24) is 15.0 Å². The molecule has 1 amide bonds. The number of carbonyl (C=O) groups excluding carboxylic acids is 1. The highest BCUT2D eigenvalue weighted by atomic mass is 16.5. The first-order chi connectivity index (χ1) is 16.6. The number of methoxy groups -OCH3 is 1. The summed E-state index contributed by atoms with van der Waals surface area (Å²) in [6.07, 6.45) is 5.14. The molecule has 8 heteroatoms. The normalized spacial score (nSPS) is 10.5. The lowest BCUT2D eigenvalue weighted by molar-refractivity contribution is -0.121. The predicted molar refractivity (Wildman–Crippen MR) is 131 cm³/mol. The molecule has 0 aliphatic carbocycles. The molecule has 2 N–H and O–H groups in total. The molecule has 0 spiro atoms. The number of hydrogen-bond acceptors (Lipinski definition) is 7. The fraction of sp³-hybridized carbons (Fsp3) is 0.154. The molecule has 34 heavy (non-hydrogen) atoms. The van der Waals surface area contributed by atoms with Gasteiger partial charge >= 0.3 is 0 Å². The highest BCUT2D eigenvalue weighted by Crippen LogP contribution is 2.26. The maximum Gasteiger partial charge on any atom is 0.250 e. The van der Waals surface area contributed by atoms with Crippen molar-refractivity contribution >= 4 is 23.2 Å². The first kappa shape index (κ1) is 22.9. The number of anilines is 3. The Labute approximate surface area is 198 Å². The van der Waals surface area contributed by atoms with Crippen LogP contribution in [0, 0.1) is 6.92 Å². The SMILES string of the molecule is COc1ccc(COCC(=O)Nc2ccc(C)cc2Nc2nccc(-c3cccnc3)n2)cc1. The minimum Gasteiger partial charge on any atom is -0.497 e. The monoisotopic (exact) mass is 455 g/mol. The first-order valence-corrected chi connectivity index (χ1v) is 10.7. The van der Waals surface area contributed by atoms with Crippen molar-refractivity contribution in [1.29, 1.82) is 0 Å². The van der Waals surface area contributed by atoms with Gasteiger partial charge in [0, 0.05) is 24.2 Å². The molecule has 0 aliphatic rings. The van der Waals surface area contributed by atoms with E-state index < -0.39 is 0 Å². The third kappa shape index (κ3) is 6.14. The molecule has 0 aliphatic heterocycles. The van der Waals surface area contributed by atoms with Gasteiger partial charge in [-0.05, 0) is 60.5 Å². The average molecular weight is 456 g/mol. The number of nitrogens with one attached hydrogen (secondary N) is 2. The highest BCUT2D eigenvalue weighted by Gasteiger charge is 2.10. The number of amides is 1. The topological polar surface area (TPSA) is 98.3 Å². The smallest absolute Gasteiger partial charge is 0.250 e. The molecule has 0 saturated carbocycles. The van der Waals surface area contributed by atoms with E-state index in [-0.39, 0.29) is 12.5 Å². The molecular weight excluding hydrogens is 430 g/mol. The van der Waals surface area contributed by atoms with Gasteiger partial charge < -0.3 is 20.1 Å². The minimum atomic E-state index is -0.259. The van der Waals surface area contributed by atoms with E-state index in [4.69, 9.17) is 9.47 Å². The van der Waals surface area contributed by atoms with Crippen molar-refractivity contribution in [2.24, 2.45) is 0 Å². The van der Waals surface area contributed by atoms with E-state index in [1.807, 2.05) is 67.6 Å². The highest BCUT2D eigenvalue weighted by molar-refractivity contribution is 5.95. The van der Waals surface area contributed by atoms with Crippen LogP contribution in [0.2, 0.25) is 0 Å². The Morgan fingerprint density at radius 1 is 1.00 bits per heavy atom. The number of ether oxygens (including phenoxy) is 2. The van der Waals surface area contributed by atoms with Crippen molar-refractivity contribution < 1.29 is 14.3 Å². The zero-order valence-electron chi connectivity index (χ0n) is 19.0. The number of pyridine rings is 1. The van der Waals surface area contributed by atoms with Crippen LogP contribution in [0.15, 0.2) is 79.3 Å². The van der Waals surface area contributed by atoms with Crippen molar-refractivity contribution in [3.8, 4) is 17.0 Å². The molecule has 0 unspecified atom stereocenters. The van der Waals surface area contributed by atoms with E-state index in [9.17, 15) is 4.79 Å². The zero-order valence-corrected chi connectivity index (χ0v) is 19.0. The fourth-order valence-electron chi connectivity index (χ4n) is 3.25. The van der Waals surface area contributed by atoms with Crippen LogP contribution in [0.25, 0.3) is 11.3 Å². The molecule has 2 aromatic carbocycles. The van der Waals surface area contributed by atoms with Crippen molar-refractivity contribution in [3.05, 3.63) is 90.4 Å². The van der Waals surface area contributed by atoms with Crippen LogP contribution in [0.3, 0.4) is 0 Å². The second-order valence-corrected chi connectivity index (χ2v) is 7.57. The minimum absolute atomic E-state index is 0.0770. The number of nitrogens with zero attached hydrogens (tertiary/aromatic N) is 3. The Hall–Kier alpha value is -4.30. The van der Waals surface area contributed by atoms with E-state index in [1.165, 1.54) is 0 Å². The largest absolute Gasteiger partial charge is 0.497 e. The Morgan fingerprint density at radius 3 is 2.62 bits per heavy atom. The Morgan fingerprint density at radius 2 is 1.85 bits per heavy atom. The van der Waals surface area contributed by atoms with Gasteiger partial charge in [-0.1, -0.05) is 18.2 Å². The van der Waals surface area contributed by atoms with Gasteiger partial charge in [0.15, 0.2) is 0 Å². The molecule has 8 nitrogen and oxygen atoms in total. The van der Waals surface area contributed by atoms with Gasteiger partial charge in [0.25, 0.3) is 0 Å². The summed E-state index contributed by atoms with van der Waals surface area (Å²) < 4.78 is 10.7. The standard InChI is InChI=1S/C26H25N5O3/c1-18-5-10-23(29-25(32)17-34-16-19-6-8-21(33-2)9-7-19)24(14-18)31-26-28-13-11-22(30-26)20-4-3-12-27-15-20/h3-15H,16-17H2,1-2H3,(H,29,32)(H,28,30,31). The lowest BCUT2D eigenvalue weighted by atomic mass is 10.2. The number of hydrogen-bond donors (Lipinski definition) is 2. The summed E-state index contributed by atoms with van der Waals surface area (Å²) in [4.78, 5) is 25.5. The maximum atomic E-state index is 12.5. The molecule has 0 fully saturated rings. The predicted octanol–water partition coefficient (Wildman–Crippen LogP) is 4.75. The first-order valence-electron chi connectivity index (χ1n) is 10.7. The Kier molecular flexibility index (Phi) is 7.42. The molecule has 0 radical (unpaired) electrons. The summed E-state index contributed by atoms with van der Waals surface area (Å²) in [5.74, 6) is 0.930. The molecule has 4 rings (SSSR count). The van der Waals surface area contributed by atoms with Gasteiger partial charge in [-0.2, -0.15) is 0 Å². The van der Waals surface area contributed by atoms with Crippen LogP contribution in [-0.4, -0.2) is 34.6 Å². The van der Waals surface area contributed by atoms with E-state index in [0.717, 1.165) is 28.1 Å². The van der Waals surface area contributed by atoms with Gasteiger partial charge in [0.05, 0.1) is 30.8 Å². The molecule has 0 saturated heterocycles. The maximum absolute atomic E-state index is 12.5. The third-order valence-corrected chi connectivity index (χ3v) is 4.97. The summed E-state index contributed by atoms with van der Waals surface area (Å²) in [6.45, 7) is 2.22. The van der Waals surface area contributed by atoms with Crippen LogP contribution in [0.1, 0.15) is 11.1 Å². The Balaban J connectivity index is 1.40. The number of carbonyl (C=O) groups is 1. The van der Waals surface area contributed by atoms with Crippen molar-refractivity contribution in [2.75, 3.05) is 24.4 Å². The van der Waals surface area contributed by atoms with E-state index in [1.54, 1.807) is 25.7 Å². The number of aryl methyl sites for hydroxylation is 1. The van der Waals surface area contributed by atoms with E-state index >= 15 is 0 Å². The van der Waals surface area contributed by atoms with Crippen LogP contribution in [-0.2, 0) is 16.1 Å². The van der Waals surface area contributed by atoms with Gasteiger partial charge in [-0.25, -0.2) is 9.97 Å². The van der Waals surface area contributed by atoms with Crippen LogP contribution < -0.4 is 15.4 Å².